The van der Waals surface area contributed by atoms with Gasteiger partial charge in [0.15, 0.2) is 0 Å². The number of hydrogen-bond donors (Lipinski definition) is 0. The molecule has 0 bridgehead atoms. The van der Waals surface area contributed by atoms with Crippen LogP contribution in [0.15, 0.2) is 28.3 Å². The van der Waals surface area contributed by atoms with Gasteiger partial charge < -0.3 is 0 Å². The summed E-state index contributed by atoms with van der Waals surface area (Å²) in [6.45, 7) is 7.53. The van der Waals surface area contributed by atoms with Crippen LogP contribution in [0.4, 0.5) is 0 Å². The molecule has 0 saturated heterocycles. The molecule has 0 radical (unpaired) electrons. The van der Waals surface area contributed by atoms with E-state index in [9.17, 15) is 0 Å². The number of rotatable bonds is 0. The normalized spacial score (nSPS) is 48.4. The molecule has 1 nitrogen and oxygen atoms in total. The largest absolute Gasteiger partial charge is 0.293 e. The van der Waals surface area contributed by atoms with E-state index >= 15 is 0 Å². The number of hydrogen-bond acceptors (Lipinski definition) is 1. The summed E-state index contributed by atoms with van der Waals surface area (Å²) in [7, 11) is 0. The minimum atomic E-state index is 0.718. The van der Waals surface area contributed by atoms with Crippen LogP contribution in [0.1, 0.15) is 20.8 Å². The quantitative estimate of drug-likeness (QED) is 0.537. The predicted molar refractivity (Wildman–Crippen MR) is 57.0 cm³/mol. The molecule has 13 heavy (non-hydrogen) atoms. The van der Waals surface area contributed by atoms with Crippen molar-refractivity contribution in [3.05, 3.63) is 23.3 Å². The number of fused-ring (bicyclic) bond motifs is 1. The first-order valence-corrected chi connectivity index (χ1v) is 5.04. The van der Waals surface area contributed by atoms with Gasteiger partial charge in [-0.25, -0.2) is 0 Å². The fourth-order valence-electron chi connectivity index (χ4n) is 1.90. The van der Waals surface area contributed by atoms with E-state index in [2.05, 4.69) is 44.1 Å². The highest BCUT2D eigenvalue weighted by molar-refractivity contribution is 5.67. The fourth-order valence-corrected chi connectivity index (χ4v) is 1.90. The maximum absolute atomic E-state index is 4.47. The highest BCUT2D eigenvalue weighted by atomic mass is 14.7. The Balaban J connectivity index is 2.22. The lowest BCUT2D eigenvalue weighted by Crippen LogP contribution is -1.88. The van der Waals surface area contributed by atoms with E-state index in [1.165, 1.54) is 11.1 Å². The van der Waals surface area contributed by atoms with E-state index in [-0.39, 0.29) is 0 Å². The maximum Gasteiger partial charge on any atom is 0.0598 e. The minimum Gasteiger partial charge on any atom is -0.293 e. The number of allylic oxidation sites excluding steroid dienone is 3. The molecule has 1 aliphatic carbocycles. The van der Waals surface area contributed by atoms with Gasteiger partial charge in [0.1, 0.15) is 0 Å². The molecule has 0 aromatic heterocycles. The zero-order chi connectivity index (χ0) is 9.42. The van der Waals surface area contributed by atoms with Crippen molar-refractivity contribution in [3.63, 3.8) is 0 Å². The molecule has 1 aliphatic heterocycles. The number of nitrogens with zero attached hydrogens (tertiary/aromatic N) is 1. The van der Waals surface area contributed by atoms with Gasteiger partial charge in [0, 0.05) is 12.1 Å². The van der Waals surface area contributed by atoms with Crippen molar-refractivity contribution in [3.8, 4) is 0 Å². The summed E-state index contributed by atoms with van der Waals surface area (Å²) in [5, 5.41) is 0. The summed E-state index contributed by atoms with van der Waals surface area (Å²) in [5.74, 6) is 2.28. The molecule has 2 unspecified atom stereocenters. The zero-order valence-electron chi connectivity index (χ0n) is 8.62. The summed E-state index contributed by atoms with van der Waals surface area (Å²) in [4.78, 5) is 4.47. The lowest BCUT2D eigenvalue weighted by Gasteiger charge is -1.99. The van der Waals surface area contributed by atoms with Crippen LogP contribution < -0.4 is 0 Å². The van der Waals surface area contributed by atoms with E-state index in [1.807, 2.05) is 0 Å². The zero-order valence-corrected chi connectivity index (χ0v) is 8.62. The third-order valence-corrected chi connectivity index (χ3v) is 3.37. The SMILES string of the molecule is CC1=C(\C)C/N=C\C2C(C)[C@@H]2/C=C\1. The Morgan fingerprint density at radius 3 is 2.85 bits per heavy atom. The Kier molecular flexibility index (Phi) is 2.10. The van der Waals surface area contributed by atoms with Crippen LogP contribution in [0.2, 0.25) is 0 Å². The Hall–Kier alpha value is -0.850. The summed E-state index contributed by atoms with van der Waals surface area (Å²) in [6.07, 6.45) is 6.78. The molecule has 0 amide bonds. The van der Waals surface area contributed by atoms with E-state index in [0.29, 0.717) is 0 Å². The molecule has 1 saturated carbocycles. The molecule has 2 aliphatic rings. The summed E-state index contributed by atoms with van der Waals surface area (Å²) in [5.41, 5.74) is 2.78. The van der Waals surface area contributed by atoms with Gasteiger partial charge in [-0.15, -0.1) is 0 Å². The van der Waals surface area contributed by atoms with Gasteiger partial charge in [-0.05, 0) is 31.3 Å². The first kappa shape index (κ1) is 8.74. The third kappa shape index (κ3) is 1.60. The van der Waals surface area contributed by atoms with Crippen LogP contribution in [-0.2, 0) is 0 Å². The molecular formula is C12H17N. The highest BCUT2D eigenvalue weighted by Gasteiger charge is 2.43. The van der Waals surface area contributed by atoms with Crippen LogP contribution in [0.3, 0.4) is 0 Å². The molecule has 3 atom stereocenters. The van der Waals surface area contributed by atoms with Crippen LogP contribution in [0.5, 0.6) is 0 Å². The van der Waals surface area contributed by atoms with Gasteiger partial charge in [-0.1, -0.05) is 24.6 Å². The van der Waals surface area contributed by atoms with Gasteiger partial charge in [-0.2, -0.15) is 0 Å². The standard InChI is InChI=1S/C12H17N/c1-8-4-5-11-10(3)12(11)7-13-6-9(8)2/h4-5,7,10-12H,6H2,1-3H3/b5-4-,9-8-,13-7-/t10?,11-,12?/m0/s1. The van der Waals surface area contributed by atoms with Crippen molar-refractivity contribution >= 4 is 6.21 Å². The molecule has 2 rings (SSSR count). The molecule has 0 aromatic rings. The van der Waals surface area contributed by atoms with Gasteiger partial charge in [0.2, 0.25) is 0 Å². The van der Waals surface area contributed by atoms with Crippen LogP contribution >= 0.6 is 0 Å². The van der Waals surface area contributed by atoms with Crippen LogP contribution in [0.25, 0.3) is 0 Å². The Morgan fingerprint density at radius 2 is 2.08 bits per heavy atom. The molecule has 1 heteroatoms. The fraction of sp³-hybridized carbons (Fsp3) is 0.583. The molecule has 70 valence electrons. The molecule has 0 aromatic carbocycles. The van der Waals surface area contributed by atoms with Crippen LogP contribution in [0, 0.1) is 17.8 Å². The minimum absolute atomic E-state index is 0.718. The van der Waals surface area contributed by atoms with Crippen molar-refractivity contribution in [2.45, 2.75) is 20.8 Å². The van der Waals surface area contributed by atoms with Crippen molar-refractivity contribution in [1.82, 2.24) is 0 Å². The molecule has 1 heterocycles. The number of aliphatic imine (C=N–C) groups is 1. The summed E-state index contributed by atoms with van der Waals surface area (Å²) < 4.78 is 0. The van der Waals surface area contributed by atoms with Crippen molar-refractivity contribution in [2.75, 3.05) is 6.54 Å². The van der Waals surface area contributed by atoms with Gasteiger partial charge in [-0.3, -0.25) is 4.99 Å². The van der Waals surface area contributed by atoms with E-state index in [0.717, 1.165) is 24.3 Å². The van der Waals surface area contributed by atoms with Crippen molar-refractivity contribution in [2.24, 2.45) is 22.7 Å². The second-order valence-electron chi connectivity index (χ2n) is 4.33. The summed E-state index contributed by atoms with van der Waals surface area (Å²) in [6, 6.07) is 0. The molecule has 0 N–H and O–H groups in total. The van der Waals surface area contributed by atoms with Crippen molar-refractivity contribution < 1.29 is 0 Å². The second kappa shape index (κ2) is 3.13. The first-order valence-electron chi connectivity index (χ1n) is 5.04. The topological polar surface area (TPSA) is 12.4 Å². The first-order chi connectivity index (χ1) is 6.20. The average molecular weight is 175 g/mol. The van der Waals surface area contributed by atoms with E-state index < -0.39 is 0 Å². The van der Waals surface area contributed by atoms with Crippen molar-refractivity contribution in [1.29, 1.82) is 0 Å². The third-order valence-electron chi connectivity index (χ3n) is 3.37. The molecule has 0 spiro atoms. The van der Waals surface area contributed by atoms with E-state index in [4.69, 9.17) is 0 Å². The monoisotopic (exact) mass is 175 g/mol. The van der Waals surface area contributed by atoms with E-state index in [1.54, 1.807) is 0 Å². The van der Waals surface area contributed by atoms with Gasteiger partial charge >= 0.3 is 0 Å². The predicted octanol–water partition coefficient (Wildman–Crippen LogP) is 2.85. The second-order valence-corrected chi connectivity index (χ2v) is 4.33. The Morgan fingerprint density at radius 1 is 1.31 bits per heavy atom. The lowest BCUT2D eigenvalue weighted by molar-refractivity contribution is 0.889. The van der Waals surface area contributed by atoms with Gasteiger partial charge in [0.05, 0.1) is 6.54 Å². The van der Waals surface area contributed by atoms with Gasteiger partial charge in [0.25, 0.3) is 0 Å². The molecule has 1 fully saturated rings. The Labute approximate surface area is 80.3 Å². The average Bonchev–Trinajstić information content (AvgIpc) is 2.69. The lowest BCUT2D eigenvalue weighted by atomic mass is 10.1. The summed E-state index contributed by atoms with van der Waals surface area (Å²) >= 11 is 0. The Bertz CT molecular complexity index is 296. The van der Waals surface area contributed by atoms with Crippen LogP contribution in [-0.4, -0.2) is 12.8 Å². The smallest absolute Gasteiger partial charge is 0.0598 e. The highest BCUT2D eigenvalue weighted by Crippen LogP contribution is 2.46. The molecular weight excluding hydrogens is 158 g/mol. The maximum atomic E-state index is 4.47.